The largest absolute Gasteiger partial charge is 0.478 e. The van der Waals surface area contributed by atoms with E-state index in [2.05, 4.69) is 16.0 Å². The minimum Gasteiger partial charge on any atom is -0.478 e. The van der Waals surface area contributed by atoms with Gasteiger partial charge in [-0.3, -0.25) is 14.9 Å². The average molecular weight is 389 g/mol. The smallest absolute Gasteiger partial charge is 0.337 e. The van der Waals surface area contributed by atoms with E-state index in [-0.39, 0.29) is 36.2 Å². The van der Waals surface area contributed by atoms with Crippen LogP contribution < -0.4 is 16.0 Å². The first-order valence-electron chi connectivity index (χ1n) is 5.81. The van der Waals surface area contributed by atoms with Crippen molar-refractivity contribution in [1.82, 2.24) is 10.6 Å². The maximum absolute atomic E-state index is 12.0. The van der Waals surface area contributed by atoms with Gasteiger partial charge in [0, 0.05) is 10.1 Å². The lowest BCUT2D eigenvalue weighted by Gasteiger charge is -2.23. The number of carboxylic acid groups (broad SMARTS) is 1. The Balaban J connectivity index is 2.11. The van der Waals surface area contributed by atoms with Crippen LogP contribution in [-0.2, 0) is 9.59 Å². The van der Waals surface area contributed by atoms with Gasteiger partial charge < -0.3 is 15.7 Å². The molecule has 2 amide bonds. The molecule has 0 spiro atoms. The van der Waals surface area contributed by atoms with E-state index in [1.807, 2.05) is 22.6 Å². The van der Waals surface area contributed by atoms with Crippen molar-refractivity contribution in [2.45, 2.75) is 6.04 Å². The topological polar surface area (TPSA) is 108 Å². The van der Waals surface area contributed by atoms with Crippen LogP contribution in [0.4, 0.5) is 5.69 Å². The highest BCUT2D eigenvalue weighted by molar-refractivity contribution is 14.1. The number of halogens is 1. The molecule has 1 aliphatic heterocycles. The van der Waals surface area contributed by atoms with Gasteiger partial charge in [-0.25, -0.2) is 4.79 Å². The van der Waals surface area contributed by atoms with Crippen LogP contribution in [0.25, 0.3) is 0 Å². The van der Waals surface area contributed by atoms with Gasteiger partial charge >= 0.3 is 5.97 Å². The fraction of sp³-hybridized carbons (Fsp3) is 0.250. The molecule has 0 aromatic heterocycles. The molecule has 1 unspecified atom stereocenters. The molecule has 1 aliphatic rings. The molecule has 1 aromatic carbocycles. The highest BCUT2D eigenvalue weighted by atomic mass is 127. The average Bonchev–Trinajstić information content (AvgIpc) is 2.41. The zero-order valence-corrected chi connectivity index (χ0v) is 12.4. The van der Waals surface area contributed by atoms with Gasteiger partial charge in [-0.1, -0.05) is 0 Å². The Bertz CT molecular complexity index is 566. The predicted octanol–water partition coefficient (Wildman–Crippen LogP) is 0.0159. The second-order valence-electron chi connectivity index (χ2n) is 4.22. The molecular weight excluding hydrogens is 377 g/mol. The molecule has 7 nitrogen and oxygen atoms in total. The predicted molar refractivity (Wildman–Crippen MR) is 79.5 cm³/mol. The van der Waals surface area contributed by atoms with Crippen LogP contribution in [0.3, 0.4) is 0 Å². The third-order valence-corrected chi connectivity index (χ3v) is 3.47. The molecule has 1 heterocycles. The van der Waals surface area contributed by atoms with Gasteiger partial charge in [0.1, 0.15) is 6.04 Å². The van der Waals surface area contributed by atoms with Gasteiger partial charge in [0.2, 0.25) is 11.8 Å². The first-order chi connectivity index (χ1) is 9.47. The fourth-order valence-electron chi connectivity index (χ4n) is 1.77. The Morgan fingerprint density at radius 3 is 2.75 bits per heavy atom. The number of carbonyl (C=O) groups is 3. The second-order valence-corrected chi connectivity index (χ2v) is 5.47. The number of amides is 2. The van der Waals surface area contributed by atoms with E-state index in [4.69, 9.17) is 5.11 Å². The van der Waals surface area contributed by atoms with E-state index in [1.54, 1.807) is 12.1 Å². The van der Waals surface area contributed by atoms with Crippen LogP contribution in [0.15, 0.2) is 18.2 Å². The molecule has 1 aromatic rings. The summed E-state index contributed by atoms with van der Waals surface area (Å²) in [5.74, 6) is -1.66. The zero-order chi connectivity index (χ0) is 14.7. The lowest BCUT2D eigenvalue weighted by atomic mass is 10.1. The van der Waals surface area contributed by atoms with E-state index in [0.717, 1.165) is 3.57 Å². The number of nitrogens with one attached hydrogen (secondary N) is 3. The van der Waals surface area contributed by atoms with E-state index < -0.39 is 12.0 Å². The molecular formula is C12H12IN3O4. The zero-order valence-electron chi connectivity index (χ0n) is 10.3. The molecule has 1 atom stereocenters. The summed E-state index contributed by atoms with van der Waals surface area (Å²) in [7, 11) is 0. The van der Waals surface area contributed by atoms with Gasteiger partial charge in [0.05, 0.1) is 17.8 Å². The molecule has 1 fully saturated rings. The number of benzene rings is 1. The molecule has 8 heteroatoms. The minimum atomic E-state index is -1.11. The van der Waals surface area contributed by atoms with Gasteiger partial charge in [0.15, 0.2) is 0 Å². The summed E-state index contributed by atoms with van der Waals surface area (Å²) in [6.07, 6.45) is 0. The van der Waals surface area contributed by atoms with E-state index in [1.165, 1.54) is 6.07 Å². The Labute approximate surface area is 128 Å². The number of carbonyl (C=O) groups excluding carboxylic acids is 2. The van der Waals surface area contributed by atoms with Crippen molar-refractivity contribution >= 4 is 46.1 Å². The van der Waals surface area contributed by atoms with Crippen molar-refractivity contribution in [3.63, 3.8) is 0 Å². The van der Waals surface area contributed by atoms with Crippen molar-refractivity contribution < 1.29 is 19.5 Å². The normalized spacial score (nSPS) is 18.2. The summed E-state index contributed by atoms with van der Waals surface area (Å²) in [6.45, 7) is 0.244. The van der Waals surface area contributed by atoms with Crippen molar-refractivity contribution in [2.24, 2.45) is 0 Å². The Kier molecular flexibility index (Phi) is 4.55. The van der Waals surface area contributed by atoms with Crippen molar-refractivity contribution in [3.05, 3.63) is 27.3 Å². The molecule has 2 rings (SSSR count). The molecule has 0 radical (unpaired) electrons. The monoisotopic (exact) mass is 389 g/mol. The van der Waals surface area contributed by atoms with Crippen LogP contribution in [-0.4, -0.2) is 42.0 Å². The first-order valence-corrected chi connectivity index (χ1v) is 6.89. The number of aromatic carboxylic acids is 1. The lowest BCUT2D eigenvalue weighted by Crippen LogP contribution is -2.56. The van der Waals surface area contributed by atoms with Crippen LogP contribution >= 0.6 is 22.6 Å². The number of carboxylic acids is 1. The van der Waals surface area contributed by atoms with Crippen molar-refractivity contribution in [2.75, 3.05) is 18.4 Å². The summed E-state index contributed by atoms with van der Waals surface area (Å²) in [4.78, 5) is 34.1. The first kappa shape index (κ1) is 14.7. The Morgan fingerprint density at radius 2 is 2.15 bits per heavy atom. The number of hydrogen-bond acceptors (Lipinski definition) is 4. The third-order valence-electron chi connectivity index (χ3n) is 2.80. The maximum Gasteiger partial charge on any atom is 0.337 e. The van der Waals surface area contributed by atoms with Crippen molar-refractivity contribution in [1.29, 1.82) is 0 Å². The number of anilines is 1. The molecule has 106 valence electrons. The van der Waals surface area contributed by atoms with Crippen LogP contribution in [0.5, 0.6) is 0 Å². The SMILES string of the molecule is O=C1CNC(C(=O)Nc2ccc(I)cc2C(=O)O)CN1. The van der Waals surface area contributed by atoms with Crippen molar-refractivity contribution in [3.8, 4) is 0 Å². The van der Waals surface area contributed by atoms with E-state index in [9.17, 15) is 14.4 Å². The summed E-state index contributed by atoms with van der Waals surface area (Å²) in [6, 6.07) is 4.16. The fourth-order valence-corrected chi connectivity index (χ4v) is 2.27. The number of rotatable bonds is 3. The van der Waals surface area contributed by atoms with Gasteiger partial charge in [-0.2, -0.15) is 0 Å². The molecule has 20 heavy (non-hydrogen) atoms. The van der Waals surface area contributed by atoms with Gasteiger partial charge in [-0.05, 0) is 40.8 Å². The lowest BCUT2D eigenvalue weighted by molar-refractivity contribution is -0.124. The van der Waals surface area contributed by atoms with E-state index >= 15 is 0 Å². The molecule has 4 N–H and O–H groups in total. The number of piperazine rings is 1. The van der Waals surface area contributed by atoms with Gasteiger partial charge in [0.25, 0.3) is 0 Å². The highest BCUT2D eigenvalue weighted by Gasteiger charge is 2.24. The third kappa shape index (κ3) is 3.45. The quantitative estimate of drug-likeness (QED) is 0.546. The van der Waals surface area contributed by atoms with Gasteiger partial charge in [-0.15, -0.1) is 0 Å². The van der Waals surface area contributed by atoms with Crippen LogP contribution in [0.2, 0.25) is 0 Å². The van der Waals surface area contributed by atoms with Crippen LogP contribution in [0, 0.1) is 3.57 Å². The second kappa shape index (κ2) is 6.18. The maximum atomic E-state index is 12.0. The number of hydrogen-bond donors (Lipinski definition) is 4. The molecule has 0 saturated carbocycles. The summed E-state index contributed by atoms with van der Waals surface area (Å²) in [5.41, 5.74) is 0.270. The summed E-state index contributed by atoms with van der Waals surface area (Å²) < 4.78 is 0.765. The minimum absolute atomic E-state index is 0.0325. The molecule has 0 bridgehead atoms. The highest BCUT2D eigenvalue weighted by Crippen LogP contribution is 2.19. The Hall–Kier alpha value is -1.68. The standard InChI is InChI=1S/C12H12IN3O4/c13-6-1-2-8(7(3-6)12(19)20)16-11(18)9-4-15-10(17)5-14-9/h1-3,9,14H,4-5H2,(H,15,17)(H,16,18)(H,19,20). The van der Waals surface area contributed by atoms with E-state index in [0.29, 0.717) is 0 Å². The Morgan fingerprint density at radius 1 is 1.40 bits per heavy atom. The van der Waals surface area contributed by atoms with Crippen LogP contribution in [0.1, 0.15) is 10.4 Å². The summed E-state index contributed by atoms with van der Waals surface area (Å²) in [5, 5.41) is 17.0. The summed E-state index contributed by atoms with van der Waals surface area (Å²) >= 11 is 2.00. The molecule has 1 saturated heterocycles. The molecule has 0 aliphatic carbocycles.